The van der Waals surface area contributed by atoms with Gasteiger partial charge in [-0.2, -0.15) is 0 Å². The molecule has 0 saturated heterocycles. The van der Waals surface area contributed by atoms with Crippen LogP contribution in [-0.4, -0.2) is 23.7 Å². The second-order valence-corrected chi connectivity index (χ2v) is 5.48. The number of nitrogens with two attached hydrogens (primary N) is 1. The number of rotatable bonds is 4. The fraction of sp³-hybridized carbons (Fsp3) is 0.385. The second kappa shape index (κ2) is 7.04. The molecule has 0 aliphatic rings. The minimum Gasteiger partial charge on any atom is -0.398 e. The maximum Gasteiger partial charge on any atom is 0.321 e. The maximum absolute atomic E-state index is 11.8. The van der Waals surface area contributed by atoms with Crippen LogP contribution in [0, 0.1) is 6.92 Å². The number of hydrogen-bond acceptors (Lipinski definition) is 4. The molecule has 104 valence electrons. The summed E-state index contributed by atoms with van der Waals surface area (Å²) in [5.74, 6) is -0.336. The van der Waals surface area contributed by atoms with Gasteiger partial charge in [-0.05, 0) is 32.4 Å². The Morgan fingerprint density at radius 1 is 1.42 bits per heavy atom. The van der Waals surface area contributed by atoms with E-state index >= 15 is 0 Å². The van der Waals surface area contributed by atoms with Crippen molar-refractivity contribution in [2.45, 2.75) is 30.9 Å². The number of benzene rings is 1. The van der Waals surface area contributed by atoms with Crippen LogP contribution < -0.4 is 16.4 Å². The van der Waals surface area contributed by atoms with Crippen LogP contribution in [0.2, 0.25) is 0 Å². The molecule has 1 unspecified atom stereocenters. The Morgan fingerprint density at radius 3 is 2.74 bits per heavy atom. The molecule has 3 amide bonds. The van der Waals surface area contributed by atoms with Crippen molar-refractivity contribution in [3.8, 4) is 0 Å². The van der Waals surface area contributed by atoms with Crippen molar-refractivity contribution in [1.29, 1.82) is 0 Å². The Balaban J connectivity index is 2.64. The lowest BCUT2D eigenvalue weighted by molar-refractivity contribution is -0.119. The highest BCUT2D eigenvalue weighted by molar-refractivity contribution is 8.00. The van der Waals surface area contributed by atoms with Crippen LogP contribution in [0.25, 0.3) is 0 Å². The molecular formula is C13H19N3O2S. The van der Waals surface area contributed by atoms with Gasteiger partial charge in [0.2, 0.25) is 5.91 Å². The fourth-order valence-electron chi connectivity index (χ4n) is 1.42. The summed E-state index contributed by atoms with van der Waals surface area (Å²) in [6.45, 7) is 5.92. The van der Waals surface area contributed by atoms with E-state index in [1.807, 2.05) is 25.1 Å². The topological polar surface area (TPSA) is 84.2 Å². The zero-order valence-corrected chi connectivity index (χ0v) is 12.1. The molecule has 1 aromatic carbocycles. The second-order valence-electron chi connectivity index (χ2n) is 4.10. The first-order chi connectivity index (χ1) is 8.95. The fourth-order valence-corrected chi connectivity index (χ4v) is 2.41. The van der Waals surface area contributed by atoms with Crippen LogP contribution in [0.3, 0.4) is 0 Å². The molecule has 0 heterocycles. The number of aryl methyl sites for hydroxylation is 1. The van der Waals surface area contributed by atoms with Gasteiger partial charge in [-0.25, -0.2) is 4.79 Å². The van der Waals surface area contributed by atoms with Gasteiger partial charge in [0.25, 0.3) is 0 Å². The first-order valence-electron chi connectivity index (χ1n) is 6.06. The third-order valence-corrected chi connectivity index (χ3v) is 3.71. The number of thioether (sulfide) groups is 1. The lowest BCUT2D eigenvalue weighted by Gasteiger charge is -2.13. The number of nitrogen functional groups attached to an aromatic ring is 1. The molecule has 0 fully saturated rings. The summed E-state index contributed by atoms with van der Waals surface area (Å²) in [4.78, 5) is 23.9. The number of urea groups is 1. The van der Waals surface area contributed by atoms with Gasteiger partial charge in [-0.1, -0.05) is 12.1 Å². The number of para-hydroxylation sites is 1. The van der Waals surface area contributed by atoms with Crippen molar-refractivity contribution in [3.05, 3.63) is 23.8 Å². The lowest BCUT2D eigenvalue weighted by atomic mass is 10.2. The molecule has 0 aliphatic carbocycles. The zero-order chi connectivity index (χ0) is 14.4. The summed E-state index contributed by atoms with van der Waals surface area (Å²) in [7, 11) is 0. The van der Waals surface area contributed by atoms with Crippen molar-refractivity contribution in [2.24, 2.45) is 0 Å². The van der Waals surface area contributed by atoms with Gasteiger partial charge in [0, 0.05) is 17.1 Å². The summed E-state index contributed by atoms with van der Waals surface area (Å²) >= 11 is 1.34. The van der Waals surface area contributed by atoms with E-state index in [-0.39, 0.29) is 5.91 Å². The Bertz CT molecular complexity index is 477. The number of amides is 3. The highest BCUT2D eigenvalue weighted by Gasteiger charge is 2.18. The molecule has 0 aliphatic heterocycles. The van der Waals surface area contributed by atoms with Crippen molar-refractivity contribution in [2.75, 3.05) is 12.3 Å². The molecule has 0 spiro atoms. The van der Waals surface area contributed by atoms with Crippen molar-refractivity contribution in [1.82, 2.24) is 10.6 Å². The molecule has 1 atom stereocenters. The van der Waals surface area contributed by atoms with Crippen LogP contribution in [0.5, 0.6) is 0 Å². The molecule has 5 nitrogen and oxygen atoms in total. The van der Waals surface area contributed by atoms with Crippen LogP contribution in [0.4, 0.5) is 10.5 Å². The predicted molar refractivity (Wildman–Crippen MR) is 78.1 cm³/mol. The van der Waals surface area contributed by atoms with Crippen LogP contribution in [0.15, 0.2) is 23.1 Å². The molecule has 6 heteroatoms. The average Bonchev–Trinajstić information content (AvgIpc) is 2.35. The van der Waals surface area contributed by atoms with Gasteiger partial charge >= 0.3 is 6.03 Å². The van der Waals surface area contributed by atoms with E-state index in [1.54, 1.807) is 13.8 Å². The van der Waals surface area contributed by atoms with E-state index in [4.69, 9.17) is 5.73 Å². The standard InChI is InChI=1S/C13H19N3O2S/c1-4-15-13(18)16-12(17)9(3)19-10-7-5-6-8(2)11(10)14/h5-7,9H,4,14H2,1-3H3,(H2,15,16,17,18). The number of carbonyl (C=O) groups excluding carboxylic acids is 2. The minimum absolute atomic E-state index is 0.336. The smallest absolute Gasteiger partial charge is 0.321 e. The molecule has 1 rings (SSSR count). The minimum atomic E-state index is -0.475. The summed E-state index contributed by atoms with van der Waals surface area (Å²) in [5, 5.41) is 4.40. The molecule has 0 saturated carbocycles. The van der Waals surface area contributed by atoms with E-state index in [1.165, 1.54) is 11.8 Å². The zero-order valence-electron chi connectivity index (χ0n) is 11.3. The average molecular weight is 281 g/mol. The summed E-state index contributed by atoms with van der Waals surface area (Å²) in [5.41, 5.74) is 7.59. The van der Waals surface area contributed by atoms with E-state index in [2.05, 4.69) is 10.6 Å². The molecule has 0 bridgehead atoms. The highest BCUT2D eigenvalue weighted by atomic mass is 32.2. The summed E-state index contributed by atoms with van der Waals surface area (Å²) in [6, 6.07) is 5.20. The first kappa shape index (κ1) is 15.4. The largest absolute Gasteiger partial charge is 0.398 e. The Kier molecular flexibility index (Phi) is 5.69. The maximum atomic E-state index is 11.8. The van der Waals surface area contributed by atoms with Gasteiger partial charge in [-0.3, -0.25) is 10.1 Å². The molecule has 4 N–H and O–H groups in total. The van der Waals surface area contributed by atoms with Gasteiger partial charge in [-0.15, -0.1) is 11.8 Å². The number of carbonyl (C=O) groups is 2. The van der Waals surface area contributed by atoms with Gasteiger partial charge in [0.05, 0.1) is 5.25 Å². The van der Waals surface area contributed by atoms with Crippen molar-refractivity contribution >= 4 is 29.4 Å². The Morgan fingerprint density at radius 2 is 2.11 bits per heavy atom. The van der Waals surface area contributed by atoms with Crippen LogP contribution in [0.1, 0.15) is 19.4 Å². The monoisotopic (exact) mass is 281 g/mol. The van der Waals surface area contributed by atoms with E-state index in [0.29, 0.717) is 12.2 Å². The van der Waals surface area contributed by atoms with Crippen molar-refractivity contribution < 1.29 is 9.59 Å². The van der Waals surface area contributed by atoms with Crippen LogP contribution in [-0.2, 0) is 4.79 Å². The number of anilines is 1. The normalized spacial score (nSPS) is 11.7. The van der Waals surface area contributed by atoms with E-state index < -0.39 is 11.3 Å². The highest BCUT2D eigenvalue weighted by Crippen LogP contribution is 2.30. The SMILES string of the molecule is CCNC(=O)NC(=O)C(C)Sc1cccc(C)c1N. The summed E-state index contributed by atoms with van der Waals surface area (Å²) in [6.07, 6.45) is 0. The van der Waals surface area contributed by atoms with Crippen LogP contribution >= 0.6 is 11.8 Å². The van der Waals surface area contributed by atoms with E-state index in [0.717, 1.165) is 10.5 Å². The number of nitrogens with one attached hydrogen (secondary N) is 2. The van der Waals surface area contributed by atoms with Gasteiger partial charge in [0.15, 0.2) is 0 Å². The quantitative estimate of drug-likeness (QED) is 0.581. The Hall–Kier alpha value is -1.69. The summed E-state index contributed by atoms with van der Waals surface area (Å²) < 4.78 is 0. The lowest BCUT2D eigenvalue weighted by Crippen LogP contribution is -2.42. The predicted octanol–water partition coefficient (Wildman–Crippen LogP) is 1.90. The number of hydrogen-bond donors (Lipinski definition) is 3. The number of imide groups is 1. The van der Waals surface area contributed by atoms with Gasteiger partial charge in [0.1, 0.15) is 0 Å². The molecular weight excluding hydrogens is 262 g/mol. The van der Waals surface area contributed by atoms with Crippen molar-refractivity contribution in [3.63, 3.8) is 0 Å². The molecule has 19 heavy (non-hydrogen) atoms. The Labute approximate surface area is 117 Å². The molecule has 1 aromatic rings. The third-order valence-electron chi connectivity index (χ3n) is 2.53. The molecule has 0 radical (unpaired) electrons. The van der Waals surface area contributed by atoms with E-state index in [9.17, 15) is 9.59 Å². The van der Waals surface area contributed by atoms with Gasteiger partial charge < -0.3 is 11.1 Å². The molecule has 0 aromatic heterocycles. The third kappa shape index (κ3) is 4.48. The first-order valence-corrected chi connectivity index (χ1v) is 6.94.